The van der Waals surface area contributed by atoms with Crippen LogP contribution in [0.2, 0.25) is 0 Å². The average molecular weight is 273 g/mol. The molecule has 4 nitrogen and oxygen atoms in total. The van der Waals surface area contributed by atoms with Crippen LogP contribution in [0.1, 0.15) is 23.3 Å². The molecule has 1 aliphatic carbocycles. The minimum absolute atomic E-state index is 0.0487. The number of nitrogens with zero attached hydrogens (tertiary/aromatic N) is 1. The second-order valence-electron chi connectivity index (χ2n) is 5.50. The largest absolute Gasteiger partial charge is 0.346 e. The molecule has 1 amide bonds. The molecule has 0 spiro atoms. The normalized spacial score (nSPS) is 28.9. The first-order valence-corrected chi connectivity index (χ1v) is 7.60. The number of thiophene rings is 1. The quantitative estimate of drug-likeness (QED) is 0.877. The maximum atomic E-state index is 12.2. The molecular weight excluding hydrogens is 258 g/mol. The minimum atomic E-state index is -0.0487. The zero-order valence-electron chi connectivity index (χ0n) is 10.4. The highest BCUT2D eigenvalue weighted by atomic mass is 32.1. The van der Waals surface area contributed by atoms with Gasteiger partial charge in [-0.2, -0.15) is 11.3 Å². The molecule has 2 aliphatic rings. The van der Waals surface area contributed by atoms with Gasteiger partial charge in [0.15, 0.2) is 0 Å². The Balaban J connectivity index is 1.53. The number of fused-ring (bicyclic) bond motifs is 3. The molecule has 98 valence electrons. The van der Waals surface area contributed by atoms with Crippen LogP contribution >= 0.6 is 11.3 Å². The van der Waals surface area contributed by atoms with Gasteiger partial charge in [0.2, 0.25) is 0 Å². The first-order chi connectivity index (χ1) is 9.29. The summed E-state index contributed by atoms with van der Waals surface area (Å²) in [5, 5.41) is 12.9. The van der Waals surface area contributed by atoms with E-state index >= 15 is 0 Å². The molecule has 3 unspecified atom stereocenters. The van der Waals surface area contributed by atoms with Gasteiger partial charge in [-0.15, -0.1) is 0 Å². The van der Waals surface area contributed by atoms with Crippen LogP contribution in [0.15, 0.2) is 23.0 Å². The standard InChI is InChI=1S/C14H15N3OS/c18-14(17-12-2-8-1-11(12)15-4-8)13-3-9-6-19-7-10(9)5-16-13/h3,5-8,11-12,15H,1-2,4H2,(H,17,18). The van der Waals surface area contributed by atoms with Gasteiger partial charge < -0.3 is 10.6 Å². The molecule has 4 rings (SSSR count). The van der Waals surface area contributed by atoms with Crippen LogP contribution in [-0.4, -0.2) is 29.5 Å². The molecule has 5 heteroatoms. The fraction of sp³-hybridized carbons (Fsp3) is 0.429. The van der Waals surface area contributed by atoms with Crippen molar-refractivity contribution in [3.63, 3.8) is 0 Å². The molecule has 0 aromatic carbocycles. The Hall–Kier alpha value is -1.46. The van der Waals surface area contributed by atoms with Crippen molar-refractivity contribution in [3.8, 4) is 0 Å². The third-order valence-electron chi connectivity index (χ3n) is 4.24. The van der Waals surface area contributed by atoms with Crippen molar-refractivity contribution in [1.82, 2.24) is 15.6 Å². The molecule has 1 saturated carbocycles. The Morgan fingerprint density at radius 2 is 2.26 bits per heavy atom. The van der Waals surface area contributed by atoms with Crippen molar-refractivity contribution < 1.29 is 4.79 Å². The van der Waals surface area contributed by atoms with E-state index in [2.05, 4.69) is 15.6 Å². The highest BCUT2D eigenvalue weighted by molar-refractivity contribution is 7.09. The molecule has 2 fully saturated rings. The maximum Gasteiger partial charge on any atom is 0.270 e. The van der Waals surface area contributed by atoms with Crippen LogP contribution < -0.4 is 10.6 Å². The molecule has 2 N–H and O–H groups in total. The number of carbonyl (C=O) groups is 1. The number of piperidine rings is 1. The Morgan fingerprint density at radius 1 is 1.37 bits per heavy atom. The van der Waals surface area contributed by atoms with Gasteiger partial charge in [-0.25, -0.2) is 0 Å². The number of rotatable bonds is 2. The van der Waals surface area contributed by atoms with Gasteiger partial charge in [0, 0.05) is 29.0 Å². The summed E-state index contributed by atoms with van der Waals surface area (Å²) >= 11 is 1.63. The molecule has 2 aromatic rings. The molecule has 3 atom stereocenters. The lowest BCUT2D eigenvalue weighted by molar-refractivity contribution is 0.0923. The highest BCUT2D eigenvalue weighted by Crippen LogP contribution is 2.31. The van der Waals surface area contributed by atoms with Crippen LogP contribution in [0.25, 0.3) is 10.8 Å². The minimum Gasteiger partial charge on any atom is -0.346 e. The average Bonchev–Trinajstić information content (AvgIpc) is 3.13. The lowest BCUT2D eigenvalue weighted by atomic mass is 10.1. The topological polar surface area (TPSA) is 54.0 Å². The lowest BCUT2D eigenvalue weighted by Gasteiger charge is -2.23. The number of aromatic nitrogens is 1. The maximum absolute atomic E-state index is 12.2. The number of carbonyl (C=O) groups excluding carboxylic acids is 1. The van der Waals surface area contributed by atoms with Gasteiger partial charge >= 0.3 is 0 Å². The zero-order chi connectivity index (χ0) is 12.8. The van der Waals surface area contributed by atoms with Crippen LogP contribution in [0.5, 0.6) is 0 Å². The van der Waals surface area contributed by atoms with Crippen LogP contribution in [0, 0.1) is 5.92 Å². The van der Waals surface area contributed by atoms with Crippen molar-refractivity contribution in [1.29, 1.82) is 0 Å². The first kappa shape index (κ1) is 11.4. The lowest BCUT2D eigenvalue weighted by Crippen LogP contribution is -2.48. The fourth-order valence-corrected chi connectivity index (χ4v) is 4.00. The predicted molar refractivity (Wildman–Crippen MR) is 75.4 cm³/mol. The van der Waals surface area contributed by atoms with Crippen LogP contribution in [-0.2, 0) is 0 Å². The van der Waals surface area contributed by atoms with E-state index in [9.17, 15) is 4.79 Å². The molecular formula is C14H15N3OS. The Kier molecular flexibility index (Phi) is 2.56. The summed E-state index contributed by atoms with van der Waals surface area (Å²) in [6.45, 7) is 1.11. The van der Waals surface area contributed by atoms with Crippen molar-refractivity contribution in [3.05, 3.63) is 28.7 Å². The van der Waals surface area contributed by atoms with Gasteiger partial charge in [0.05, 0.1) is 0 Å². The first-order valence-electron chi connectivity index (χ1n) is 6.66. The van der Waals surface area contributed by atoms with E-state index < -0.39 is 0 Å². The molecule has 2 bridgehead atoms. The summed E-state index contributed by atoms with van der Waals surface area (Å²) in [5.41, 5.74) is 0.522. The Bertz CT molecular complexity index is 638. The van der Waals surface area contributed by atoms with E-state index in [4.69, 9.17) is 0 Å². The molecule has 1 aliphatic heterocycles. The highest BCUT2D eigenvalue weighted by Gasteiger charge is 2.40. The van der Waals surface area contributed by atoms with E-state index in [0.717, 1.165) is 29.7 Å². The molecule has 1 saturated heterocycles. The summed E-state index contributed by atoms with van der Waals surface area (Å²) in [6.07, 6.45) is 4.08. The summed E-state index contributed by atoms with van der Waals surface area (Å²) in [6, 6.07) is 2.60. The second-order valence-corrected chi connectivity index (χ2v) is 6.25. The van der Waals surface area contributed by atoms with E-state index in [1.165, 1.54) is 6.42 Å². The van der Waals surface area contributed by atoms with E-state index in [-0.39, 0.29) is 11.9 Å². The second kappa shape index (κ2) is 4.28. The number of nitrogens with one attached hydrogen (secondary N) is 2. The third-order valence-corrected chi connectivity index (χ3v) is 5.02. The summed E-state index contributed by atoms with van der Waals surface area (Å²) in [5.74, 6) is 0.690. The van der Waals surface area contributed by atoms with Gasteiger partial charge in [-0.05, 0) is 42.1 Å². The summed E-state index contributed by atoms with van der Waals surface area (Å²) in [4.78, 5) is 16.5. The van der Waals surface area contributed by atoms with Crippen LogP contribution in [0.4, 0.5) is 0 Å². The van der Waals surface area contributed by atoms with Crippen LogP contribution in [0.3, 0.4) is 0 Å². The third kappa shape index (κ3) is 1.93. The van der Waals surface area contributed by atoms with E-state index in [1.54, 1.807) is 17.5 Å². The summed E-state index contributed by atoms with van der Waals surface area (Å²) in [7, 11) is 0. The Morgan fingerprint density at radius 3 is 3.05 bits per heavy atom. The number of hydrogen-bond donors (Lipinski definition) is 2. The SMILES string of the molecule is O=C(NC1CC2CNC1C2)c1cc2cscc2cn1. The van der Waals surface area contributed by atoms with Gasteiger partial charge in [-0.1, -0.05) is 0 Å². The predicted octanol–water partition coefficient (Wildman–Crippen LogP) is 1.78. The zero-order valence-corrected chi connectivity index (χ0v) is 11.2. The van der Waals surface area contributed by atoms with Crippen molar-refractivity contribution in [2.75, 3.05) is 6.54 Å². The van der Waals surface area contributed by atoms with E-state index in [1.807, 2.05) is 16.8 Å². The molecule has 2 aromatic heterocycles. The van der Waals surface area contributed by atoms with Gasteiger partial charge in [0.1, 0.15) is 5.69 Å². The number of pyridine rings is 1. The van der Waals surface area contributed by atoms with Crippen molar-refractivity contribution >= 4 is 28.0 Å². The van der Waals surface area contributed by atoms with Crippen molar-refractivity contribution in [2.45, 2.75) is 24.9 Å². The fourth-order valence-electron chi connectivity index (χ4n) is 3.24. The van der Waals surface area contributed by atoms with Gasteiger partial charge in [0.25, 0.3) is 5.91 Å². The molecule has 19 heavy (non-hydrogen) atoms. The molecule has 0 radical (unpaired) electrons. The van der Waals surface area contributed by atoms with E-state index in [0.29, 0.717) is 11.7 Å². The van der Waals surface area contributed by atoms with Gasteiger partial charge in [-0.3, -0.25) is 9.78 Å². The van der Waals surface area contributed by atoms with Crippen molar-refractivity contribution in [2.24, 2.45) is 5.92 Å². The number of hydrogen-bond acceptors (Lipinski definition) is 4. The molecule has 3 heterocycles. The smallest absolute Gasteiger partial charge is 0.270 e. The Labute approximate surface area is 115 Å². The number of amides is 1. The monoisotopic (exact) mass is 273 g/mol. The summed E-state index contributed by atoms with van der Waals surface area (Å²) < 4.78 is 0.